The van der Waals surface area contributed by atoms with Crippen molar-refractivity contribution in [3.63, 3.8) is 0 Å². The van der Waals surface area contributed by atoms with Crippen LogP contribution in [0.4, 0.5) is 15.8 Å². The van der Waals surface area contributed by atoms with Gasteiger partial charge in [0.15, 0.2) is 0 Å². The Morgan fingerprint density at radius 3 is 2.54 bits per heavy atom. The molecule has 0 spiro atoms. The van der Waals surface area contributed by atoms with Gasteiger partial charge >= 0.3 is 0 Å². The monoisotopic (exact) mass is 381 g/mol. The Morgan fingerprint density at radius 1 is 1.18 bits per heavy atom. The van der Waals surface area contributed by atoms with E-state index in [9.17, 15) is 14.0 Å². The van der Waals surface area contributed by atoms with Gasteiger partial charge in [-0.2, -0.15) is 0 Å². The van der Waals surface area contributed by atoms with E-state index in [1.54, 1.807) is 12.1 Å². The van der Waals surface area contributed by atoms with Crippen molar-refractivity contribution in [2.24, 2.45) is 0 Å². The summed E-state index contributed by atoms with van der Waals surface area (Å²) < 4.78 is 13.1. The maximum Gasteiger partial charge on any atom is 0.235 e. The molecule has 2 aromatic rings. The van der Waals surface area contributed by atoms with Crippen molar-refractivity contribution in [3.8, 4) is 0 Å². The Morgan fingerprint density at radius 2 is 1.93 bits per heavy atom. The molecule has 1 aliphatic carbocycles. The molecule has 0 aromatic heterocycles. The third-order valence-corrected chi connectivity index (χ3v) is 5.41. The third-order valence-electron chi connectivity index (χ3n) is 5.41. The second kappa shape index (κ2) is 8.78. The van der Waals surface area contributed by atoms with E-state index in [-0.39, 0.29) is 11.7 Å². The molecule has 0 bridgehead atoms. The summed E-state index contributed by atoms with van der Waals surface area (Å²) in [4.78, 5) is 24.0. The van der Waals surface area contributed by atoms with Gasteiger partial charge in [-0.15, -0.1) is 0 Å². The summed E-state index contributed by atoms with van der Waals surface area (Å²) in [6, 6.07) is 11.5. The highest BCUT2D eigenvalue weighted by Crippen LogP contribution is 2.45. The number of rotatable bonds is 9. The number of unbranched alkanes of at least 4 members (excludes halogenated alkanes) is 1. The number of carbonyl (C=O) groups is 2. The molecule has 6 heteroatoms. The van der Waals surface area contributed by atoms with Gasteiger partial charge in [0, 0.05) is 11.4 Å². The number of amides is 2. The Kier molecular flexibility index (Phi) is 6.19. The average molecular weight is 381 g/mol. The van der Waals surface area contributed by atoms with Gasteiger partial charge in [0.2, 0.25) is 12.3 Å². The predicted octanol–water partition coefficient (Wildman–Crippen LogP) is 4.43. The van der Waals surface area contributed by atoms with Crippen LogP contribution >= 0.6 is 0 Å². The van der Waals surface area contributed by atoms with E-state index < -0.39 is 5.41 Å². The zero-order valence-electron chi connectivity index (χ0n) is 15.6. The minimum atomic E-state index is -0.607. The minimum Gasteiger partial charge on any atom is -0.328 e. The highest BCUT2D eigenvalue weighted by Gasteiger charge is 2.45. The van der Waals surface area contributed by atoms with E-state index in [1.807, 2.05) is 18.2 Å². The Labute approximate surface area is 163 Å². The fourth-order valence-corrected chi connectivity index (χ4v) is 3.66. The van der Waals surface area contributed by atoms with Crippen molar-refractivity contribution in [2.45, 2.75) is 43.9 Å². The van der Waals surface area contributed by atoms with Crippen LogP contribution in [0.15, 0.2) is 42.5 Å². The lowest BCUT2D eigenvalue weighted by Gasteiger charge is -2.41. The first-order valence-electron chi connectivity index (χ1n) is 9.48. The van der Waals surface area contributed by atoms with Crippen LogP contribution in [0, 0.1) is 11.2 Å². The van der Waals surface area contributed by atoms with Gasteiger partial charge in [-0.1, -0.05) is 18.6 Å². The molecule has 0 heterocycles. The first-order valence-corrected chi connectivity index (χ1v) is 9.48. The summed E-state index contributed by atoms with van der Waals surface area (Å²) in [6.07, 6.45) is 6.68. The molecule has 5 nitrogen and oxygen atoms in total. The first kappa shape index (κ1) is 19.7. The molecule has 0 unspecified atom stereocenters. The summed E-state index contributed by atoms with van der Waals surface area (Å²) >= 11 is 0. The predicted molar refractivity (Wildman–Crippen MR) is 108 cm³/mol. The van der Waals surface area contributed by atoms with Crippen LogP contribution in [0.25, 0.3) is 0 Å². The van der Waals surface area contributed by atoms with Crippen LogP contribution in [0.3, 0.4) is 0 Å². The zero-order valence-corrected chi connectivity index (χ0v) is 15.6. The Bertz CT molecular complexity index is 861. The first-order chi connectivity index (χ1) is 13.6. The van der Waals surface area contributed by atoms with Crippen LogP contribution in [0.2, 0.25) is 0 Å². The minimum absolute atomic E-state index is 0.0908. The number of anilines is 2. The fourth-order valence-electron chi connectivity index (χ4n) is 3.66. The second-order valence-electron chi connectivity index (χ2n) is 7.13. The fraction of sp³-hybridized carbons (Fsp3) is 0.318. The number of hydrogen-bond donors (Lipinski definition) is 3. The summed E-state index contributed by atoms with van der Waals surface area (Å²) in [7, 11) is 0. The average Bonchev–Trinajstić information content (AvgIpc) is 2.65. The van der Waals surface area contributed by atoms with Gasteiger partial charge in [-0.25, -0.2) is 4.39 Å². The van der Waals surface area contributed by atoms with E-state index in [2.05, 4.69) is 10.6 Å². The summed E-state index contributed by atoms with van der Waals surface area (Å²) in [5.74, 6) is -0.434. The van der Waals surface area contributed by atoms with E-state index in [0.29, 0.717) is 18.5 Å². The van der Waals surface area contributed by atoms with Crippen LogP contribution in [-0.4, -0.2) is 18.5 Å². The van der Waals surface area contributed by atoms with Crippen molar-refractivity contribution in [1.29, 1.82) is 5.41 Å². The smallest absolute Gasteiger partial charge is 0.235 e. The van der Waals surface area contributed by atoms with Gasteiger partial charge < -0.3 is 16.0 Å². The number of hydrogen-bond acceptors (Lipinski definition) is 3. The van der Waals surface area contributed by atoms with Crippen molar-refractivity contribution in [1.82, 2.24) is 0 Å². The Hall–Kier alpha value is -3.02. The van der Waals surface area contributed by atoms with Gasteiger partial charge in [-0.05, 0) is 79.8 Å². The van der Waals surface area contributed by atoms with Crippen molar-refractivity contribution >= 4 is 29.9 Å². The summed E-state index contributed by atoms with van der Waals surface area (Å²) in [5, 5.41) is 12.8. The normalized spacial score (nSPS) is 14.6. The van der Waals surface area contributed by atoms with Gasteiger partial charge in [0.05, 0.1) is 5.41 Å². The van der Waals surface area contributed by atoms with Crippen molar-refractivity contribution in [3.05, 3.63) is 59.4 Å². The van der Waals surface area contributed by atoms with Gasteiger partial charge in [0.1, 0.15) is 5.82 Å². The van der Waals surface area contributed by atoms with Crippen LogP contribution in [0.5, 0.6) is 0 Å². The molecule has 1 fully saturated rings. The number of halogens is 1. The lowest BCUT2D eigenvalue weighted by molar-refractivity contribution is -0.124. The molecule has 2 amide bonds. The third kappa shape index (κ3) is 4.11. The summed E-state index contributed by atoms with van der Waals surface area (Å²) in [5.41, 5.74) is 2.59. The number of nitrogens with one attached hydrogen (secondary N) is 3. The van der Waals surface area contributed by atoms with Crippen molar-refractivity contribution in [2.75, 3.05) is 10.6 Å². The lowest BCUT2D eigenvalue weighted by Crippen LogP contribution is -2.46. The Balaban J connectivity index is 1.86. The molecule has 0 aliphatic heterocycles. The highest BCUT2D eigenvalue weighted by atomic mass is 19.1. The second-order valence-corrected chi connectivity index (χ2v) is 7.13. The topological polar surface area (TPSA) is 82.1 Å². The largest absolute Gasteiger partial charge is 0.328 e. The van der Waals surface area contributed by atoms with Crippen molar-refractivity contribution < 1.29 is 14.0 Å². The van der Waals surface area contributed by atoms with Crippen LogP contribution in [0.1, 0.15) is 43.2 Å². The summed E-state index contributed by atoms with van der Waals surface area (Å²) in [6.45, 7) is 0. The molecule has 1 aliphatic rings. The zero-order chi connectivity index (χ0) is 20.0. The van der Waals surface area contributed by atoms with Crippen LogP contribution in [-0.2, 0) is 21.4 Å². The van der Waals surface area contributed by atoms with Gasteiger partial charge in [0.25, 0.3) is 0 Å². The molecular formula is C22H24FN3O2. The van der Waals surface area contributed by atoms with Gasteiger partial charge in [-0.3, -0.25) is 9.59 Å². The number of carbonyl (C=O) groups excluding carboxylic acids is 2. The SMILES string of the molecule is N=CCCCc1cc(C2(C(=O)Nc3ccc(F)cc3)CCC2)ccc1NC=O. The molecule has 2 aromatic carbocycles. The molecule has 146 valence electrons. The quantitative estimate of drug-likeness (QED) is 0.341. The maximum atomic E-state index is 13.1. The molecule has 0 radical (unpaired) electrons. The molecule has 3 rings (SSSR count). The highest BCUT2D eigenvalue weighted by molar-refractivity contribution is 6.00. The van der Waals surface area contributed by atoms with Crippen LogP contribution < -0.4 is 10.6 Å². The molecule has 28 heavy (non-hydrogen) atoms. The molecule has 0 saturated heterocycles. The molecule has 3 N–H and O–H groups in total. The lowest BCUT2D eigenvalue weighted by atomic mass is 9.63. The number of aryl methyl sites for hydroxylation is 1. The number of benzene rings is 2. The molecule has 0 atom stereocenters. The van der Waals surface area contributed by atoms with E-state index in [0.717, 1.165) is 48.9 Å². The van der Waals surface area contributed by atoms with E-state index in [4.69, 9.17) is 5.41 Å². The standard InChI is InChI=1S/C22H24FN3O2/c23-18-6-8-19(9-7-18)26-21(28)22(11-3-12-22)17-5-10-20(25-15-27)16(14-17)4-1-2-13-24/h5-10,13-15,24H,1-4,11-12H2,(H,25,27)(H,26,28). The molecule has 1 saturated carbocycles. The van der Waals surface area contributed by atoms with E-state index >= 15 is 0 Å². The van der Waals surface area contributed by atoms with E-state index in [1.165, 1.54) is 18.3 Å². The molecular weight excluding hydrogens is 357 g/mol. The maximum absolute atomic E-state index is 13.1.